The van der Waals surface area contributed by atoms with E-state index in [4.69, 9.17) is 11.3 Å². The summed E-state index contributed by atoms with van der Waals surface area (Å²) in [5.74, 6) is -0.442. The summed E-state index contributed by atoms with van der Waals surface area (Å²) in [6.45, 7) is 9.09. The molecule has 0 spiro atoms. The Labute approximate surface area is 103 Å². The lowest BCUT2D eigenvalue weighted by Crippen LogP contribution is -2.12. The van der Waals surface area contributed by atoms with Crippen molar-refractivity contribution in [2.75, 3.05) is 6.61 Å². The van der Waals surface area contributed by atoms with Crippen molar-refractivity contribution in [1.82, 2.24) is 0 Å². The third-order valence-electron chi connectivity index (χ3n) is 2.66. The van der Waals surface area contributed by atoms with E-state index < -0.39 is 5.97 Å². The highest BCUT2D eigenvalue weighted by molar-refractivity contribution is 7.18. The molecule has 5 heteroatoms. The molecular weight excluding hydrogens is 238 g/mol. The fourth-order valence-electron chi connectivity index (χ4n) is 1.97. The third-order valence-corrected chi connectivity index (χ3v) is 3.77. The summed E-state index contributed by atoms with van der Waals surface area (Å²) in [5.41, 5.74) is 1.18. The fraction of sp³-hybridized carbons (Fsp3) is 0.417. The quantitative estimate of drug-likeness (QED) is 0.598. The maximum atomic E-state index is 11.8. The summed E-state index contributed by atoms with van der Waals surface area (Å²) < 4.78 is 4.94. The number of carbonyl (C=O) groups is 2. The van der Waals surface area contributed by atoms with Gasteiger partial charge in [-0.3, -0.25) is 4.79 Å². The molecule has 0 fully saturated rings. The summed E-state index contributed by atoms with van der Waals surface area (Å²) >= 11 is 1.08. The largest absolute Gasteiger partial charge is 0.462 e. The van der Waals surface area contributed by atoms with Crippen LogP contribution in [0.4, 0.5) is 5.00 Å². The van der Waals surface area contributed by atoms with Gasteiger partial charge in [0.05, 0.1) is 13.2 Å². The molecule has 17 heavy (non-hydrogen) atoms. The fourth-order valence-corrected chi connectivity index (χ4v) is 3.02. The molecule has 0 atom stereocenters. The number of ketones is 1. The van der Waals surface area contributed by atoms with Gasteiger partial charge in [0.25, 0.3) is 5.00 Å². The average molecular weight is 249 g/mol. The predicted octanol–water partition coefficient (Wildman–Crippen LogP) is 2.99. The van der Waals surface area contributed by atoms with Gasteiger partial charge in [-0.15, -0.1) is 11.3 Å². The number of hydrogen-bond acceptors (Lipinski definition) is 4. The van der Waals surface area contributed by atoms with Crippen LogP contribution in [0.5, 0.6) is 0 Å². The second kappa shape index (κ2) is 4.68. The lowest BCUT2D eigenvalue weighted by atomic mass is 9.92. The highest BCUT2D eigenvalue weighted by Gasteiger charge is 2.29. The van der Waals surface area contributed by atoms with Crippen molar-refractivity contribution in [1.29, 1.82) is 0 Å². The standard InChI is InChI=1S/C12H11NO3S/c1-3-16-12(15)10-7-5-4-6-8(14)9(7)11(13-2)17-10/h3-6H2,1H3. The van der Waals surface area contributed by atoms with E-state index in [0.717, 1.165) is 23.3 Å². The lowest BCUT2D eigenvalue weighted by Gasteiger charge is -2.12. The van der Waals surface area contributed by atoms with Gasteiger partial charge in [-0.2, -0.15) is 0 Å². The van der Waals surface area contributed by atoms with E-state index in [9.17, 15) is 9.59 Å². The zero-order valence-corrected chi connectivity index (χ0v) is 10.2. The molecule has 0 amide bonds. The lowest BCUT2D eigenvalue weighted by molar-refractivity contribution is 0.0531. The van der Waals surface area contributed by atoms with Gasteiger partial charge in [-0.1, -0.05) is 0 Å². The summed E-state index contributed by atoms with van der Waals surface area (Å²) in [5, 5.41) is 0.327. The van der Waals surface area contributed by atoms with E-state index >= 15 is 0 Å². The van der Waals surface area contributed by atoms with Crippen molar-refractivity contribution in [2.24, 2.45) is 0 Å². The van der Waals surface area contributed by atoms with E-state index in [2.05, 4.69) is 4.85 Å². The maximum Gasteiger partial charge on any atom is 0.347 e. The van der Waals surface area contributed by atoms with Gasteiger partial charge < -0.3 is 4.74 Å². The number of rotatable bonds is 2. The number of ether oxygens (including phenoxy) is 1. The number of hydrogen-bond donors (Lipinski definition) is 0. The van der Waals surface area contributed by atoms with E-state index in [1.54, 1.807) is 6.92 Å². The Morgan fingerprint density at radius 1 is 1.53 bits per heavy atom. The summed E-state index contributed by atoms with van der Waals surface area (Å²) in [6, 6.07) is 0. The Hall–Kier alpha value is -1.67. The number of esters is 1. The smallest absolute Gasteiger partial charge is 0.347 e. The number of carbonyl (C=O) groups excluding carboxylic acids is 2. The first-order valence-electron chi connectivity index (χ1n) is 5.42. The molecule has 1 aromatic heterocycles. The maximum absolute atomic E-state index is 11.8. The molecule has 1 aromatic rings. The summed E-state index contributed by atoms with van der Waals surface area (Å²) in [6.07, 6.45) is 1.89. The minimum absolute atomic E-state index is 0.0240. The molecule has 0 aromatic carbocycles. The van der Waals surface area contributed by atoms with Crippen LogP contribution in [0.2, 0.25) is 0 Å². The van der Waals surface area contributed by atoms with Crippen molar-refractivity contribution in [3.63, 3.8) is 0 Å². The molecule has 2 rings (SSSR count). The van der Waals surface area contributed by atoms with Gasteiger partial charge in [-0.25, -0.2) is 9.64 Å². The normalized spacial score (nSPS) is 14.0. The zero-order chi connectivity index (χ0) is 12.4. The molecule has 0 unspecified atom stereocenters. The highest BCUT2D eigenvalue weighted by atomic mass is 32.1. The van der Waals surface area contributed by atoms with E-state index in [1.165, 1.54) is 0 Å². The van der Waals surface area contributed by atoms with Crippen LogP contribution in [-0.2, 0) is 11.2 Å². The minimum Gasteiger partial charge on any atom is -0.462 e. The first-order chi connectivity index (χ1) is 8.19. The molecule has 0 saturated carbocycles. The van der Waals surface area contributed by atoms with Gasteiger partial charge in [0, 0.05) is 12.0 Å². The van der Waals surface area contributed by atoms with Gasteiger partial charge in [0.2, 0.25) is 0 Å². The number of Topliss-reactive ketones (excluding diaryl/α,β-unsaturated/α-hetero) is 1. The topological polar surface area (TPSA) is 47.7 Å². The van der Waals surface area contributed by atoms with Crippen LogP contribution >= 0.6 is 11.3 Å². The molecule has 4 nitrogen and oxygen atoms in total. The molecular formula is C12H11NO3S. The first kappa shape index (κ1) is 11.8. The molecule has 0 radical (unpaired) electrons. The molecule has 1 aliphatic rings. The molecule has 0 N–H and O–H groups in total. The van der Waals surface area contributed by atoms with Gasteiger partial charge in [0.1, 0.15) is 4.88 Å². The second-order valence-electron chi connectivity index (χ2n) is 3.70. The van der Waals surface area contributed by atoms with E-state index in [0.29, 0.717) is 34.9 Å². The molecule has 0 saturated heterocycles. The summed E-state index contributed by atoms with van der Waals surface area (Å²) in [4.78, 5) is 27.3. The molecule has 0 aliphatic heterocycles. The highest BCUT2D eigenvalue weighted by Crippen LogP contribution is 2.40. The van der Waals surface area contributed by atoms with Crippen molar-refractivity contribution in [3.8, 4) is 0 Å². The predicted molar refractivity (Wildman–Crippen MR) is 63.8 cm³/mol. The number of thiophene rings is 1. The van der Waals surface area contributed by atoms with E-state index in [-0.39, 0.29) is 5.78 Å². The Morgan fingerprint density at radius 2 is 2.29 bits per heavy atom. The van der Waals surface area contributed by atoms with Crippen LogP contribution in [0.1, 0.15) is 45.4 Å². The van der Waals surface area contributed by atoms with Crippen molar-refractivity contribution >= 4 is 28.1 Å². The van der Waals surface area contributed by atoms with Gasteiger partial charge >= 0.3 is 5.97 Å². The van der Waals surface area contributed by atoms with Crippen LogP contribution in [0.25, 0.3) is 4.85 Å². The molecule has 1 aliphatic carbocycles. The SMILES string of the molecule is [C-]#[N+]c1sc(C(=O)OCC)c2c1C(=O)CCC2. The van der Waals surface area contributed by atoms with Crippen LogP contribution in [0.3, 0.4) is 0 Å². The third kappa shape index (κ3) is 1.96. The van der Waals surface area contributed by atoms with Crippen LogP contribution in [0, 0.1) is 6.57 Å². The van der Waals surface area contributed by atoms with Crippen LogP contribution in [-0.4, -0.2) is 18.4 Å². The van der Waals surface area contributed by atoms with Crippen molar-refractivity contribution < 1.29 is 14.3 Å². The van der Waals surface area contributed by atoms with Crippen molar-refractivity contribution in [3.05, 3.63) is 27.4 Å². The van der Waals surface area contributed by atoms with Gasteiger partial charge in [-0.05, 0) is 25.3 Å². The molecule has 1 heterocycles. The van der Waals surface area contributed by atoms with Gasteiger partial charge in [0.15, 0.2) is 5.78 Å². The number of nitrogens with zero attached hydrogens (tertiary/aromatic N) is 1. The zero-order valence-electron chi connectivity index (χ0n) is 9.41. The Balaban J connectivity index is 2.52. The molecule has 0 bridgehead atoms. The van der Waals surface area contributed by atoms with E-state index in [1.807, 2.05) is 0 Å². The summed E-state index contributed by atoms with van der Waals surface area (Å²) in [7, 11) is 0. The van der Waals surface area contributed by atoms with Crippen molar-refractivity contribution in [2.45, 2.75) is 26.2 Å². The van der Waals surface area contributed by atoms with Crippen LogP contribution < -0.4 is 0 Å². The number of fused-ring (bicyclic) bond motifs is 1. The molecule has 88 valence electrons. The monoisotopic (exact) mass is 249 g/mol. The Bertz CT molecular complexity index is 525. The average Bonchev–Trinajstić information content (AvgIpc) is 2.69. The Morgan fingerprint density at radius 3 is 2.94 bits per heavy atom. The Kier molecular flexibility index (Phi) is 3.25. The minimum atomic E-state index is -0.418. The van der Waals surface area contributed by atoms with Crippen LogP contribution in [0.15, 0.2) is 0 Å². The second-order valence-corrected chi connectivity index (χ2v) is 4.70. The first-order valence-corrected chi connectivity index (χ1v) is 6.24.